The molecule has 0 spiro atoms. The highest BCUT2D eigenvalue weighted by Gasteiger charge is 2.34. The Balaban J connectivity index is 2.48. The van der Waals surface area contributed by atoms with Gasteiger partial charge in [-0.25, -0.2) is 0 Å². The molecule has 1 saturated carbocycles. The maximum Gasteiger partial charge on any atom is 0.239 e. The number of rotatable bonds is 5. The van der Waals surface area contributed by atoms with Gasteiger partial charge in [0.2, 0.25) is 5.91 Å². The lowest BCUT2D eigenvalue weighted by Gasteiger charge is -2.30. The number of aliphatic hydroxyl groups excluding tert-OH is 1. The molecule has 0 aromatic rings. The third kappa shape index (κ3) is 3.46. The number of nitrogens with two attached hydrogens (primary N) is 1. The molecule has 0 heterocycles. The largest absolute Gasteiger partial charge is 0.396 e. The molecule has 0 aromatic heterocycles. The minimum absolute atomic E-state index is 0.107. The maximum absolute atomic E-state index is 11.7. The molecule has 1 rings (SSSR count). The van der Waals surface area contributed by atoms with Crippen LogP contribution in [-0.2, 0) is 4.79 Å². The highest BCUT2D eigenvalue weighted by Crippen LogP contribution is 2.40. The molecule has 1 aliphatic rings. The molecule has 0 aromatic carbocycles. The third-order valence-electron chi connectivity index (χ3n) is 3.52. The Morgan fingerprint density at radius 1 is 1.44 bits per heavy atom. The number of carbonyl (C=O) groups excluding carboxylic acids is 1. The molecule has 4 heteroatoms. The van der Waals surface area contributed by atoms with Gasteiger partial charge in [0.05, 0.1) is 5.54 Å². The molecule has 1 amide bonds. The number of carbonyl (C=O) groups is 1. The van der Waals surface area contributed by atoms with Crippen molar-refractivity contribution in [3.8, 4) is 0 Å². The van der Waals surface area contributed by atoms with Crippen molar-refractivity contribution in [3.63, 3.8) is 0 Å². The fourth-order valence-corrected chi connectivity index (χ4v) is 2.37. The molecule has 0 radical (unpaired) electrons. The van der Waals surface area contributed by atoms with E-state index in [0.717, 1.165) is 19.3 Å². The first kappa shape index (κ1) is 13.5. The molecule has 4 nitrogen and oxygen atoms in total. The molecule has 0 aliphatic heterocycles. The van der Waals surface area contributed by atoms with Gasteiger partial charge >= 0.3 is 0 Å². The summed E-state index contributed by atoms with van der Waals surface area (Å²) in [6.45, 7) is 4.25. The summed E-state index contributed by atoms with van der Waals surface area (Å²) in [6, 6.07) is 0. The van der Waals surface area contributed by atoms with E-state index in [1.165, 1.54) is 12.8 Å². The predicted octanol–water partition coefficient (Wildman–Crippen LogP) is 0.783. The Morgan fingerprint density at radius 2 is 2.00 bits per heavy atom. The molecule has 0 bridgehead atoms. The van der Waals surface area contributed by atoms with Crippen molar-refractivity contribution >= 4 is 5.91 Å². The van der Waals surface area contributed by atoms with Crippen LogP contribution in [0.15, 0.2) is 0 Å². The Kier molecular flexibility index (Phi) is 4.33. The van der Waals surface area contributed by atoms with Crippen LogP contribution in [0, 0.1) is 5.41 Å². The quantitative estimate of drug-likeness (QED) is 0.651. The Bertz CT molecular complexity index is 240. The second-order valence-electron chi connectivity index (χ2n) is 5.59. The van der Waals surface area contributed by atoms with Crippen LogP contribution < -0.4 is 11.1 Å². The zero-order valence-corrected chi connectivity index (χ0v) is 10.4. The summed E-state index contributed by atoms with van der Waals surface area (Å²) >= 11 is 0. The summed E-state index contributed by atoms with van der Waals surface area (Å²) < 4.78 is 0. The molecular weight excluding hydrogens is 204 g/mol. The number of hydrogen-bond donors (Lipinski definition) is 3. The first-order valence-corrected chi connectivity index (χ1v) is 6.08. The van der Waals surface area contributed by atoms with Crippen LogP contribution in [0.5, 0.6) is 0 Å². The van der Waals surface area contributed by atoms with Crippen LogP contribution in [-0.4, -0.2) is 29.7 Å². The summed E-state index contributed by atoms with van der Waals surface area (Å²) in [6.07, 6.45) is 5.36. The molecule has 16 heavy (non-hydrogen) atoms. The topological polar surface area (TPSA) is 75.4 Å². The van der Waals surface area contributed by atoms with Crippen molar-refractivity contribution in [1.29, 1.82) is 0 Å². The SMILES string of the molecule is CC(C)(N)C(=O)NCC1(CCO)CCCC1. The molecule has 0 saturated heterocycles. The lowest BCUT2D eigenvalue weighted by molar-refractivity contribution is -0.125. The second kappa shape index (κ2) is 5.15. The van der Waals surface area contributed by atoms with Crippen molar-refractivity contribution in [2.24, 2.45) is 11.1 Å². The lowest BCUT2D eigenvalue weighted by atomic mass is 9.82. The van der Waals surface area contributed by atoms with Crippen LogP contribution in [0.25, 0.3) is 0 Å². The van der Waals surface area contributed by atoms with Crippen LogP contribution >= 0.6 is 0 Å². The smallest absolute Gasteiger partial charge is 0.239 e. The van der Waals surface area contributed by atoms with Gasteiger partial charge < -0.3 is 16.2 Å². The lowest BCUT2D eigenvalue weighted by Crippen LogP contribution is -2.51. The number of nitrogens with one attached hydrogen (secondary N) is 1. The van der Waals surface area contributed by atoms with Gasteiger partial charge in [0.15, 0.2) is 0 Å². The molecule has 4 N–H and O–H groups in total. The molecule has 1 aliphatic carbocycles. The molecule has 0 atom stereocenters. The highest BCUT2D eigenvalue weighted by atomic mass is 16.3. The standard InChI is InChI=1S/C12H24N2O2/c1-11(2,13)10(16)14-9-12(7-8-15)5-3-4-6-12/h15H,3-9,13H2,1-2H3,(H,14,16). The summed E-state index contributed by atoms with van der Waals surface area (Å²) in [4.78, 5) is 11.7. The summed E-state index contributed by atoms with van der Waals surface area (Å²) in [5, 5.41) is 12.0. The van der Waals surface area contributed by atoms with Crippen molar-refractivity contribution in [2.75, 3.05) is 13.2 Å². The highest BCUT2D eigenvalue weighted by molar-refractivity contribution is 5.85. The monoisotopic (exact) mass is 228 g/mol. The molecular formula is C12H24N2O2. The molecule has 94 valence electrons. The molecule has 0 unspecified atom stereocenters. The Morgan fingerprint density at radius 3 is 2.44 bits per heavy atom. The van der Waals surface area contributed by atoms with E-state index in [1.807, 2.05) is 0 Å². The minimum Gasteiger partial charge on any atom is -0.396 e. The zero-order chi connectivity index (χ0) is 12.2. The summed E-state index contributed by atoms with van der Waals surface area (Å²) in [7, 11) is 0. The van der Waals surface area contributed by atoms with Gasteiger partial charge in [0.1, 0.15) is 0 Å². The van der Waals surface area contributed by atoms with Crippen LogP contribution in [0.2, 0.25) is 0 Å². The second-order valence-corrected chi connectivity index (χ2v) is 5.59. The van der Waals surface area contributed by atoms with Crippen LogP contribution in [0.1, 0.15) is 46.0 Å². The van der Waals surface area contributed by atoms with Crippen LogP contribution in [0.3, 0.4) is 0 Å². The average molecular weight is 228 g/mol. The van der Waals surface area contributed by atoms with Crippen molar-refractivity contribution in [2.45, 2.75) is 51.5 Å². The number of amides is 1. The van der Waals surface area contributed by atoms with Gasteiger partial charge in [-0.15, -0.1) is 0 Å². The van der Waals surface area contributed by atoms with E-state index >= 15 is 0 Å². The Hall–Kier alpha value is -0.610. The van der Waals surface area contributed by atoms with E-state index in [-0.39, 0.29) is 17.9 Å². The zero-order valence-electron chi connectivity index (χ0n) is 10.4. The van der Waals surface area contributed by atoms with Gasteiger partial charge in [0.25, 0.3) is 0 Å². The summed E-state index contributed by atoms with van der Waals surface area (Å²) in [5.74, 6) is -0.114. The van der Waals surface area contributed by atoms with Gasteiger partial charge in [-0.05, 0) is 38.5 Å². The van der Waals surface area contributed by atoms with Gasteiger partial charge in [0, 0.05) is 13.2 Å². The fourth-order valence-electron chi connectivity index (χ4n) is 2.37. The number of aliphatic hydroxyl groups is 1. The summed E-state index contributed by atoms with van der Waals surface area (Å²) in [5.41, 5.74) is 5.01. The average Bonchev–Trinajstić information content (AvgIpc) is 2.62. The minimum atomic E-state index is -0.820. The first-order chi connectivity index (χ1) is 7.40. The number of hydrogen-bond acceptors (Lipinski definition) is 3. The maximum atomic E-state index is 11.7. The van der Waals surface area contributed by atoms with E-state index in [0.29, 0.717) is 6.54 Å². The molecule has 1 fully saturated rings. The van der Waals surface area contributed by atoms with Crippen molar-refractivity contribution < 1.29 is 9.90 Å². The van der Waals surface area contributed by atoms with E-state index in [4.69, 9.17) is 10.8 Å². The third-order valence-corrected chi connectivity index (χ3v) is 3.52. The van der Waals surface area contributed by atoms with Crippen molar-refractivity contribution in [1.82, 2.24) is 5.32 Å². The van der Waals surface area contributed by atoms with Gasteiger partial charge in [-0.3, -0.25) is 4.79 Å². The van der Waals surface area contributed by atoms with E-state index < -0.39 is 5.54 Å². The predicted molar refractivity (Wildman–Crippen MR) is 63.9 cm³/mol. The first-order valence-electron chi connectivity index (χ1n) is 6.08. The Labute approximate surface area is 97.6 Å². The van der Waals surface area contributed by atoms with Crippen LogP contribution in [0.4, 0.5) is 0 Å². The van der Waals surface area contributed by atoms with E-state index in [2.05, 4.69) is 5.32 Å². The van der Waals surface area contributed by atoms with E-state index in [1.54, 1.807) is 13.8 Å². The van der Waals surface area contributed by atoms with Gasteiger partial charge in [-0.1, -0.05) is 12.8 Å². The fraction of sp³-hybridized carbons (Fsp3) is 0.917. The van der Waals surface area contributed by atoms with Crippen molar-refractivity contribution in [3.05, 3.63) is 0 Å². The van der Waals surface area contributed by atoms with Gasteiger partial charge in [-0.2, -0.15) is 0 Å². The van der Waals surface area contributed by atoms with E-state index in [9.17, 15) is 4.79 Å². The normalized spacial score (nSPS) is 19.8.